The van der Waals surface area contributed by atoms with Gasteiger partial charge in [0, 0.05) is 5.70 Å². The van der Waals surface area contributed by atoms with Crippen LogP contribution in [-0.4, -0.2) is 0 Å². The molecule has 56 valence electrons. The smallest absolute Gasteiger partial charge is 0.205 e. The Bertz CT molecular complexity index is 182. The fourth-order valence-electron chi connectivity index (χ4n) is 0.715. The molecule has 0 aromatic heterocycles. The van der Waals surface area contributed by atoms with Crippen LogP contribution < -0.4 is 10.9 Å². The Balaban J connectivity index is 2.64. The van der Waals surface area contributed by atoms with Gasteiger partial charge in [-0.3, -0.25) is 5.43 Å². The van der Waals surface area contributed by atoms with Gasteiger partial charge in [-0.25, -0.2) is 0 Å². The molecule has 0 aromatic rings. The van der Waals surface area contributed by atoms with Crippen LogP contribution in [0.5, 0.6) is 0 Å². The summed E-state index contributed by atoms with van der Waals surface area (Å²) in [5, 5.41) is 0. The average Bonchev–Trinajstić information content (AvgIpc) is 1.88. The maximum Gasteiger partial charge on any atom is 0.205 e. The number of rotatable bonds is 1. The van der Waals surface area contributed by atoms with Crippen LogP contribution in [0.15, 0.2) is 23.8 Å². The molecule has 0 atom stereocenters. The Morgan fingerprint density at radius 2 is 2.00 bits per heavy atom. The molecule has 3 heteroatoms. The second-order valence-corrected chi connectivity index (χ2v) is 2.54. The van der Waals surface area contributed by atoms with Gasteiger partial charge < -0.3 is 5.43 Å². The van der Waals surface area contributed by atoms with Gasteiger partial charge in [-0.05, 0) is 18.1 Å². The number of halogens is 1. The fourth-order valence-corrected chi connectivity index (χ4v) is 0.715. The van der Waals surface area contributed by atoms with E-state index in [4.69, 9.17) is 0 Å². The first-order valence-electron chi connectivity index (χ1n) is 3.29. The Morgan fingerprint density at radius 1 is 1.30 bits per heavy atom. The van der Waals surface area contributed by atoms with Crippen molar-refractivity contribution in [3.63, 3.8) is 0 Å². The van der Waals surface area contributed by atoms with E-state index in [9.17, 15) is 4.39 Å². The Hall–Kier alpha value is -0.990. The van der Waals surface area contributed by atoms with Gasteiger partial charge in [0.1, 0.15) is 0 Å². The van der Waals surface area contributed by atoms with Gasteiger partial charge in [-0.15, -0.1) is 0 Å². The van der Waals surface area contributed by atoms with E-state index in [0.717, 1.165) is 5.70 Å². The minimum absolute atomic E-state index is 0.343. The van der Waals surface area contributed by atoms with Crippen LogP contribution in [-0.2, 0) is 0 Å². The molecule has 0 saturated carbocycles. The zero-order chi connectivity index (χ0) is 7.56. The van der Waals surface area contributed by atoms with Crippen molar-refractivity contribution in [2.24, 2.45) is 5.92 Å². The lowest BCUT2D eigenvalue weighted by Crippen LogP contribution is -2.33. The molecule has 1 rings (SSSR count). The maximum absolute atomic E-state index is 12.3. The first-order chi connectivity index (χ1) is 4.70. The predicted octanol–water partition coefficient (Wildman–Crippen LogP) is 1.45. The SMILES string of the molecule is CC(C)C1=CC=C(F)NN1. The summed E-state index contributed by atoms with van der Waals surface area (Å²) in [6.07, 6.45) is 3.14. The molecule has 10 heavy (non-hydrogen) atoms. The number of hydrogen-bond donors (Lipinski definition) is 2. The van der Waals surface area contributed by atoms with Gasteiger partial charge in [0.05, 0.1) is 0 Å². The molecule has 0 radical (unpaired) electrons. The highest BCUT2D eigenvalue weighted by molar-refractivity contribution is 5.17. The summed E-state index contributed by atoms with van der Waals surface area (Å²) in [4.78, 5) is 0. The lowest BCUT2D eigenvalue weighted by Gasteiger charge is -2.17. The minimum atomic E-state index is -0.343. The maximum atomic E-state index is 12.3. The Labute approximate surface area is 59.8 Å². The lowest BCUT2D eigenvalue weighted by molar-refractivity contribution is 0.475. The van der Waals surface area contributed by atoms with Crippen LogP contribution in [0.1, 0.15) is 13.8 Å². The average molecular weight is 142 g/mol. The van der Waals surface area contributed by atoms with Gasteiger partial charge >= 0.3 is 0 Å². The second-order valence-electron chi connectivity index (χ2n) is 2.54. The largest absolute Gasteiger partial charge is 0.303 e. The van der Waals surface area contributed by atoms with E-state index in [0.29, 0.717) is 5.92 Å². The monoisotopic (exact) mass is 142 g/mol. The molecule has 0 spiro atoms. The molecular weight excluding hydrogens is 131 g/mol. The van der Waals surface area contributed by atoms with Crippen LogP contribution >= 0.6 is 0 Å². The lowest BCUT2D eigenvalue weighted by atomic mass is 10.1. The van der Waals surface area contributed by atoms with Crippen molar-refractivity contribution >= 4 is 0 Å². The van der Waals surface area contributed by atoms with Gasteiger partial charge in [-0.2, -0.15) is 4.39 Å². The minimum Gasteiger partial charge on any atom is -0.303 e. The summed E-state index contributed by atoms with van der Waals surface area (Å²) in [5.74, 6) is 0.0567. The van der Waals surface area contributed by atoms with E-state index >= 15 is 0 Å². The van der Waals surface area contributed by atoms with E-state index in [1.54, 1.807) is 6.08 Å². The standard InChI is InChI=1S/C7H11FN2/c1-5(2)6-3-4-7(8)10-9-6/h3-5,9-10H,1-2H3. The molecule has 2 nitrogen and oxygen atoms in total. The summed E-state index contributed by atoms with van der Waals surface area (Å²) in [6, 6.07) is 0. The van der Waals surface area contributed by atoms with Crippen LogP contribution in [0, 0.1) is 5.92 Å². The molecule has 0 unspecified atom stereocenters. The first kappa shape index (κ1) is 7.12. The molecular formula is C7H11FN2. The van der Waals surface area contributed by atoms with Gasteiger partial charge in [-0.1, -0.05) is 13.8 Å². The third kappa shape index (κ3) is 1.50. The summed E-state index contributed by atoms with van der Waals surface area (Å²) >= 11 is 0. The van der Waals surface area contributed by atoms with E-state index in [1.807, 2.05) is 13.8 Å². The third-order valence-electron chi connectivity index (χ3n) is 1.36. The zero-order valence-electron chi connectivity index (χ0n) is 6.11. The Morgan fingerprint density at radius 3 is 2.40 bits per heavy atom. The fraction of sp³-hybridized carbons (Fsp3) is 0.429. The third-order valence-corrected chi connectivity index (χ3v) is 1.36. The zero-order valence-corrected chi connectivity index (χ0v) is 6.11. The van der Waals surface area contributed by atoms with E-state index in [2.05, 4.69) is 10.9 Å². The van der Waals surface area contributed by atoms with Crippen molar-refractivity contribution in [2.45, 2.75) is 13.8 Å². The van der Waals surface area contributed by atoms with E-state index in [1.165, 1.54) is 6.08 Å². The summed E-state index contributed by atoms with van der Waals surface area (Å²) in [7, 11) is 0. The van der Waals surface area contributed by atoms with Crippen molar-refractivity contribution in [2.75, 3.05) is 0 Å². The van der Waals surface area contributed by atoms with E-state index < -0.39 is 0 Å². The Kier molecular flexibility index (Phi) is 1.94. The number of hydrazine groups is 1. The molecule has 2 N–H and O–H groups in total. The second kappa shape index (κ2) is 2.73. The first-order valence-corrected chi connectivity index (χ1v) is 3.29. The van der Waals surface area contributed by atoms with Crippen LogP contribution in [0.3, 0.4) is 0 Å². The molecule has 0 saturated heterocycles. The summed E-state index contributed by atoms with van der Waals surface area (Å²) in [6.45, 7) is 4.08. The number of allylic oxidation sites excluding steroid dienone is 3. The van der Waals surface area contributed by atoms with Gasteiger partial charge in [0.2, 0.25) is 5.95 Å². The van der Waals surface area contributed by atoms with Crippen molar-refractivity contribution < 1.29 is 4.39 Å². The van der Waals surface area contributed by atoms with Gasteiger partial charge in [0.25, 0.3) is 0 Å². The quantitative estimate of drug-likeness (QED) is 0.541. The highest BCUT2D eigenvalue weighted by Gasteiger charge is 2.05. The highest BCUT2D eigenvalue weighted by Crippen LogP contribution is 2.08. The highest BCUT2D eigenvalue weighted by atomic mass is 19.1. The molecule has 1 heterocycles. The van der Waals surface area contributed by atoms with Crippen molar-refractivity contribution in [3.8, 4) is 0 Å². The summed E-state index contributed by atoms with van der Waals surface area (Å²) in [5.41, 5.74) is 6.13. The molecule has 1 aliphatic rings. The van der Waals surface area contributed by atoms with Crippen molar-refractivity contribution in [3.05, 3.63) is 23.8 Å². The molecule has 0 aliphatic carbocycles. The van der Waals surface area contributed by atoms with Crippen LogP contribution in [0.2, 0.25) is 0 Å². The van der Waals surface area contributed by atoms with Crippen molar-refractivity contribution in [1.82, 2.24) is 10.9 Å². The van der Waals surface area contributed by atoms with Crippen LogP contribution in [0.4, 0.5) is 4.39 Å². The number of nitrogens with one attached hydrogen (secondary N) is 2. The van der Waals surface area contributed by atoms with Gasteiger partial charge in [0.15, 0.2) is 0 Å². The number of hydrogen-bond acceptors (Lipinski definition) is 2. The molecule has 0 aromatic carbocycles. The molecule has 1 aliphatic heterocycles. The molecule has 0 bridgehead atoms. The van der Waals surface area contributed by atoms with Crippen LogP contribution in [0.25, 0.3) is 0 Å². The topological polar surface area (TPSA) is 24.1 Å². The normalized spacial score (nSPS) is 17.2. The van der Waals surface area contributed by atoms with E-state index in [-0.39, 0.29) is 5.95 Å². The predicted molar refractivity (Wildman–Crippen MR) is 38.4 cm³/mol. The molecule has 0 fully saturated rings. The summed E-state index contributed by atoms with van der Waals surface area (Å²) < 4.78 is 12.3. The van der Waals surface area contributed by atoms with Crippen molar-refractivity contribution in [1.29, 1.82) is 0 Å². The molecule has 0 amide bonds.